The molecule has 2 rings (SSSR count). The summed E-state index contributed by atoms with van der Waals surface area (Å²) < 4.78 is 0. The lowest BCUT2D eigenvalue weighted by Crippen LogP contribution is -2.35. The average molecular weight is 282 g/mol. The van der Waals surface area contributed by atoms with Crippen molar-refractivity contribution < 1.29 is 4.79 Å². The van der Waals surface area contributed by atoms with Gasteiger partial charge in [-0.1, -0.05) is 17.7 Å². The number of nitrogens with two attached hydrogens (primary N) is 2. The van der Waals surface area contributed by atoms with Crippen molar-refractivity contribution in [2.24, 2.45) is 17.4 Å². The highest BCUT2D eigenvalue weighted by molar-refractivity contribution is 6.31. The van der Waals surface area contributed by atoms with Crippen LogP contribution >= 0.6 is 11.6 Å². The maximum Gasteiger partial charge on any atom is 0.217 e. The molecule has 1 aliphatic heterocycles. The van der Waals surface area contributed by atoms with Gasteiger partial charge < -0.3 is 16.4 Å². The molecule has 1 amide bonds. The summed E-state index contributed by atoms with van der Waals surface area (Å²) in [6.07, 6.45) is 2.50. The predicted octanol–water partition coefficient (Wildman–Crippen LogP) is 1.89. The zero-order valence-electron chi connectivity index (χ0n) is 10.9. The molecule has 0 saturated carbocycles. The van der Waals surface area contributed by atoms with Crippen LogP contribution in [0.3, 0.4) is 0 Å². The zero-order chi connectivity index (χ0) is 13.8. The number of hydrogen-bond acceptors (Lipinski definition) is 3. The van der Waals surface area contributed by atoms with E-state index >= 15 is 0 Å². The molecule has 1 aromatic rings. The number of anilines is 1. The molecule has 1 saturated heterocycles. The molecule has 0 atom stereocenters. The molecule has 19 heavy (non-hydrogen) atoms. The highest BCUT2D eigenvalue weighted by Crippen LogP contribution is 2.28. The quantitative estimate of drug-likeness (QED) is 0.885. The van der Waals surface area contributed by atoms with Crippen LogP contribution in [0.2, 0.25) is 5.02 Å². The highest BCUT2D eigenvalue weighted by Gasteiger charge is 2.21. The largest absolute Gasteiger partial charge is 0.371 e. The van der Waals surface area contributed by atoms with Crippen LogP contribution < -0.4 is 16.4 Å². The minimum atomic E-state index is -0.200. The lowest BCUT2D eigenvalue weighted by atomic mass is 9.93. The fourth-order valence-electron chi connectivity index (χ4n) is 2.58. The normalized spacial score (nSPS) is 16.6. The Kier molecular flexibility index (Phi) is 4.66. The van der Waals surface area contributed by atoms with Crippen LogP contribution in [-0.4, -0.2) is 19.0 Å². The van der Waals surface area contributed by atoms with Gasteiger partial charge in [0.2, 0.25) is 5.91 Å². The zero-order valence-corrected chi connectivity index (χ0v) is 11.7. The Morgan fingerprint density at radius 2 is 2.05 bits per heavy atom. The number of nitrogens with zero attached hydrogens (tertiary/aromatic N) is 1. The summed E-state index contributed by atoms with van der Waals surface area (Å²) in [5.41, 5.74) is 12.9. The third-order valence-electron chi connectivity index (χ3n) is 3.73. The average Bonchev–Trinajstić information content (AvgIpc) is 2.39. The fourth-order valence-corrected chi connectivity index (χ4v) is 2.83. The first-order valence-corrected chi connectivity index (χ1v) is 6.99. The van der Waals surface area contributed by atoms with Gasteiger partial charge in [0, 0.05) is 36.8 Å². The fraction of sp³-hybridized carbons (Fsp3) is 0.500. The van der Waals surface area contributed by atoms with Gasteiger partial charge in [0.15, 0.2) is 0 Å². The summed E-state index contributed by atoms with van der Waals surface area (Å²) >= 11 is 6.18. The van der Waals surface area contributed by atoms with E-state index in [9.17, 15) is 4.79 Å². The van der Waals surface area contributed by atoms with Gasteiger partial charge in [-0.05, 0) is 36.5 Å². The first kappa shape index (κ1) is 14.2. The number of carbonyl (C=O) groups is 1. The standard InChI is InChI=1S/C14H20ClN3O/c15-13-8-12(2-1-11(13)9-16)18-5-3-10(4-6-18)7-14(17)19/h1-2,8,10H,3-7,9,16H2,(H2,17,19). The van der Waals surface area contributed by atoms with Gasteiger partial charge in [0.25, 0.3) is 0 Å². The Bertz CT molecular complexity index is 456. The molecule has 0 aliphatic carbocycles. The molecule has 5 heteroatoms. The molecule has 4 nitrogen and oxygen atoms in total. The summed E-state index contributed by atoms with van der Waals surface area (Å²) in [4.78, 5) is 13.2. The molecule has 0 bridgehead atoms. The number of amides is 1. The molecular weight excluding hydrogens is 262 g/mol. The maximum absolute atomic E-state index is 10.9. The minimum absolute atomic E-state index is 0.200. The SMILES string of the molecule is NCc1ccc(N2CCC(CC(N)=O)CC2)cc1Cl. The molecule has 1 aromatic carbocycles. The monoisotopic (exact) mass is 281 g/mol. The van der Waals surface area contributed by atoms with Crippen molar-refractivity contribution in [3.63, 3.8) is 0 Å². The van der Waals surface area contributed by atoms with Crippen molar-refractivity contribution in [3.8, 4) is 0 Å². The molecule has 4 N–H and O–H groups in total. The third-order valence-corrected chi connectivity index (χ3v) is 4.08. The van der Waals surface area contributed by atoms with Gasteiger partial charge in [-0.25, -0.2) is 0 Å². The lowest BCUT2D eigenvalue weighted by molar-refractivity contribution is -0.119. The minimum Gasteiger partial charge on any atom is -0.371 e. The Labute approximate surface area is 118 Å². The van der Waals surface area contributed by atoms with Gasteiger partial charge in [-0.15, -0.1) is 0 Å². The lowest BCUT2D eigenvalue weighted by Gasteiger charge is -2.33. The summed E-state index contributed by atoms with van der Waals surface area (Å²) in [7, 11) is 0. The molecule has 1 heterocycles. The summed E-state index contributed by atoms with van der Waals surface area (Å²) in [5, 5.41) is 0.722. The Morgan fingerprint density at radius 1 is 1.37 bits per heavy atom. The Hall–Kier alpha value is -1.26. The van der Waals surface area contributed by atoms with Crippen LogP contribution in [0.4, 0.5) is 5.69 Å². The van der Waals surface area contributed by atoms with Crippen molar-refractivity contribution in [3.05, 3.63) is 28.8 Å². The molecule has 0 aromatic heterocycles. The first-order valence-electron chi connectivity index (χ1n) is 6.62. The Balaban J connectivity index is 1.97. The van der Waals surface area contributed by atoms with Crippen LogP contribution in [0.5, 0.6) is 0 Å². The van der Waals surface area contributed by atoms with Crippen LogP contribution in [0.1, 0.15) is 24.8 Å². The van der Waals surface area contributed by atoms with Crippen molar-refractivity contribution in [1.29, 1.82) is 0 Å². The number of piperidine rings is 1. The summed E-state index contributed by atoms with van der Waals surface area (Å²) in [5.74, 6) is 0.223. The van der Waals surface area contributed by atoms with E-state index < -0.39 is 0 Å². The van der Waals surface area contributed by atoms with Crippen LogP contribution in [0.25, 0.3) is 0 Å². The van der Waals surface area contributed by atoms with Gasteiger partial charge in [0.05, 0.1) is 0 Å². The molecule has 0 spiro atoms. The van der Waals surface area contributed by atoms with Gasteiger partial charge in [-0.2, -0.15) is 0 Å². The smallest absolute Gasteiger partial charge is 0.217 e. The van der Waals surface area contributed by atoms with Crippen molar-refractivity contribution in [2.75, 3.05) is 18.0 Å². The molecule has 0 unspecified atom stereocenters. The van der Waals surface area contributed by atoms with Crippen LogP contribution in [0, 0.1) is 5.92 Å². The summed E-state index contributed by atoms with van der Waals surface area (Å²) in [6, 6.07) is 6.01. The predicted molar refractivity (Wildman–Crippen MR) is 78.1 cm³/mol. The van der Waals surface area contributed by atoms with Crippen molar-refractivity contribution in [1.82, 2.24) is 0 Å². The number of halogens is 1. The van der Waals surface area contributed by atoms with Gasteiger partial charge in [-0.3, -0.25) is 4.79 Å². The Morgan fingerprint density at radius 3 is 2.58 bits per heavy atom. The second-order valence-corrected chi connectivity index (χ2v) is 5.49. The summed E-state index contributed by atoms with van der Waals surface area (Å²) in [6.45, 7) is 2.34. The highest BCUT2D eigenvalue weighted by atomic mass is 35.5. The number of benzene rings is 1. The third kappa shape index (κ3) is 3.61. The maximum atomic E-state index is 10.9. The molecule has 0 radical (unpaired) electrons. The van der Waals surface area contributed by atoms with Gasteiger partial charge in [0.1, 0.15) is 0 Å². The van der Waals surface area contributed by atoms with Gasteiger partial charge >= 0.3 is 0 Å². The molecular formula is C14H20ClN3O. The van der Waals surface area contributed by atoms with E-state index in [0.29, 0.717) is 18.9 Å². The molecule has 1 aliphatic rings. The van der Waals surface area contributed by atoms with E-state index in [4.69, 9.17) is 23.1 Å². The number of hydrogen-bond donors (Lipinski definition) is 2. The molecule has 1 fully saturated rings. The van der Waals surface area contributed by atoms with E-state index in [1.165, 1.54) is 0 Å². The van der Waals surface area contributed by atoms with Crippen LogP contribution in [0.15, 0.2) is 18.2 Å². The number of primary amides is 1. The van der Waals surface area contributed by atoms with E-state index in [1.54, 1.807) is 0 Å². The number of carbonyl (C=O) groups excluding carboxylic acids is 1. The topological polar surface area (TPSA) is 72.3 Å². The van der Waals surface area contributed by atoms with E-state index in [-0.39, 0.29) is 5.91 Å². The van der Waals surface area contributed by atoms with E-state index in [1.807, 2.05) is 12.1 Å². The van der Waals surface area contributed by atoms with Crippen LogP contribution in [-0.2, 0) is 11.3 Å². The second kappa shape index (κ2) is 6.26. The van der Waals surface area contributed by atoms with E-state index in [0.717, 1.165) is 42.2 Å². The second-order valence-electron chi connectivity index (χ2n) is 5.08. The first-order chi connectivity index (χ1) is 9.10. The van der Waals surface area contributed by atoms with Crippen molar-refractivity contribution >= 4 is 23.2 Å². The number of rotatable bonds is 4. The molecule has 104 valence electrons. The van der Waals surface area contributed by atoms with E-state index in [2.05, 4.69) is 11.0 Å². The van der Waals surface area contributed by atoms with Crippen molar-refractivity contribution in [2.45, 2.75) is 25.8 Å².